The topological polar surface area (TPSA) is 18.5 Å². The average Bonchev–Trinajstić information content (AvgIpc) is 3.96. The second kappa shape index (κ2) is 14.7. The molecule has 2 heteroatoms. The van der Waals surface area contributed by atoms with Gasteiger partial charge in [0.25, 0.3) is 0 Å². The van der Waals surface area contributed by atoms with Gasteiger partial charge in [0, 0.05) is 47.0 Å². The maximum absolute atomic E-state index is 10.1. The second-order valence-electron chi connectivity index (χ2n) is 18.9. The summed E-state index contributed by atoms with van der Waals surface area (Å²) in [6, 6.07) is 57.2. The van der Waals surface area contributed by atoms with Gasteiger partial charge in [0.2, 0.25) is 0 Å². The van der Waals surface area contributed by atoms with Crippen molar-refractivity contribution in [1.82, 2.24) is 0 Å². The Labute approximate surface area is 365 Å². The van der Waals surface area contributed by atoms with Crippen molar-refractivity contribution in [3.63, 3.8) is 0 Å². The van der Waals surface area contributed by atoms with E-state index in [1.807, 2.05) is 0 Å². The van der Waals surface area contributed by atoms with Gasteiger partial charge in [0.1, 0.15) is 23.0 Å². The van der Waals surface area contributed by atoms with Crippen molar-refractivity contribution in [2.24, 2.45) is 0 Å². The molecule has 304 valence electrons. The Morgan fingerprint density at radius 3 is 1.72 bits per heavy atom. The Hall–Kier alpha value is -5.86. The van der Waals surface area contributed by atoms with Crippen molar-refractivity contribution in [3.05, 3.63) is 213 Å². The van der Waals surface area contributed by atoms with E-state index in [2.05, 4.69) is 185 Å². The van der Waals surface area contributed by atoms with Gasteiger partial charge in [-0.1, -0.05) is 193 Å². The monoisotopic (exact) mass is 798 g/mol. The number of rotatable bonds is 7. The zero-order valence-electron chi connectivity index (χ0n) is 38.0. The Morgan fingerprint density at radius 1 is 0.475 bits per heavy atom. The first-order valence-electron chi connectivity index (χ1n) is 23.6. The molecular formula is C59H56O2. The lowest BCUT2D eigenvalue weighted by Gasteiger charge is -2.42. The van der Waals surface area contributed by atoms with Crippen LogP contribution < -0.4 is 9.47 Å². The molecule has 2 heterocycles. The van der Waals surface area contributed by atoms with Crippen LogP contribution in [0.25, 0.3) is 11.1 Å². The minimum atomic E-state index is -0.807. The molecule has 2 saturated carbocycles. The molecule has 0 saturated heterocycles. The third-order valence-corrected chi connectivity index (χ3v) is 14.8. The molecule has 11 rings (SSSR count). The molecule has 61 heavy (non-hydrogen) atoms. The van der Waals surface area contributed by atoms with Crippen molar-refractivity contribution in [3.8, 4) is 34.1 Å². The molecule has 7 aromatic rings. The summed E-state index contributed by atoms with van der Waals surface area (Å²) in [4.78, 5) is 0. The molecule has 2 aliphatic heterocycles. The van der Waals surface area contributed by atoms with Gasteiger partial charge in [0.05, 0.1) is 5.41 Å². The van der Waals surface area contributed by atoms with Crippen LogP contribution >= 0.6 is 0 Å². The molecule has 2 fully saturated rings. The van der Waals surface area contributed by atoms with Gasteiger partial charge in [-0.25, -0.2) is 0 Å². The third kappa shape index (κ3) is 5.96. The summed E-state index contributed by atoms with van der Waals surface area (Å²) < 4.78 is 34.1. The van der Waals surface area contributed by atoms with Crippen LogP contribution in [0, 0.1) is 0 Å². The van der Waals surface area contributed by atoms with Gasteiger partial charge in [-0.15, -0.1) is 0 Å². The number of hydrogen-bond acceptors (Lipinski definition) is 2. The Morgan fingerprint density at radius 2 is 1.02 bits per heavy atom. The summed E-state index contributed by atoms with van der Waals surface area (Å²) in [5.74, 6) is 2.12. The fraction of sp³-hybridized carbons (Fsp3) is 0.288. The van der Waals surface area contributed by atoms with E-state index in [0.29, 0.717) is 0 Å². The van der Waals surface area contributed by atoms with Crippen LogP contribution in [0.5, 0.6) is 23.0 Å². The fourth-order valence-electron chi connectivity index (χ4n) is 11.5. The highest BCUT2D eigenvalue weighted by Gasteiger charge is 2.45. The van der Waals surface area contributed by atoms with Crippen molar-refractivity contribution in [1.29, 1.82) is 0 Å². The summed E-state index contributed by atoms with van der Waals surface area (Å²) in [6.45, 7) is 9.23. The Balaban J connectivity index is 1.19. The zero-order chi connectivity index (χ0) is 43.2. The van der Waals surface area contributed by atoms with Gasteiger partial charge < -0.3 is 9.47 Å². The molecule has 0 unspecified atom stereocenters. The molecule has 0 bridgehead atoms. The summed E-state index contributed by atoms with van der Waals surface area (Å²) >= 11 is 0. The quantitative estimate of drug-likeness (QED) is 0.150. The summed E-state index contributed by atoms with van der Waals surface area (Å²) in [5.41, 5.74) is 11.7. The molecular weight excluding hydrogens is 741 g/mol. The predicted molar refractivity (Wildman–Crippen MR) is 250 cm³/mol. The summed E-state index contributed by atoms with van der Waals surface area (Å²) in [5, 5.41) is 0. The van der Waals surface area contributed by atoms with Crippen LogP contribution in [0.2, 0.25) is 0 Å². The highest BCUT2D eigenvalue weighted by molar-refractivity contribution is 5.81. The third-order valence-electron chi connectivity index (χ3n) is 14.8. The van der Waals surface area contributed by atoms with Crippen LogP contribution in [0.1, 0.15) is 149 Å². The number of ether oxygens (including phenoxy) is 2. The number of hydrogen-bond donors (Lipinski definition) is 0. The summed E-state index contributed by atoms with van der Waals surface area (Å²) in [7, 11) is 0. The lowest BCUT2D eigenvalue weighted by molar-refractivity contribution is 0.408. The summed E-state index contributed by atoms with van der Waals surface area (Å²) in [6.07, 6.45) is 7.61. The Kier molecular flexibility index (Phi) is 8.61. The van der Waals surface area contributed by atoms with Gasteiger partial charge >= 0.3 is 0 Å². The number of fused-ring (bicyclic) bond motifs is 4. The van der Waals surface area contributed by atoms with Crippen LogP contribution in [-0.2, 0) is 16.2 Å². The minimum Gasteiger partial charge on any atom is -0.456 e. The van der Waals surface area contributed by atoms with E-state index in [-0.39, 0.29) is 10.8 Å². The zero-order valence-corrected chi connectivity index (χ0v) is 36.0. The first kappa shape index (κ1) is 35.9. The normalized spacial score (nSPS) is 19.2. The number of para-hydroxylation sites is 2. The van der Waals surface area contributed by atoms with Crippen molar-refractivity contribution >= 4 is 0 Å². The molecule has 0 spiro atoms. The molecule has 4 aliphatic rings. The van der Waals surface area contributed by atoms with Crippen molar-refractivity contribution in [2.45, 2.75) is 107 Å². The SMILES string of the molecule is [2H]C1(c2ccc3c(c2)Oc2c(ccc(C4([2H])CCCC4)c2-c2cccc(C(c4ccccc4)(c4ccccc4)c4cccc5c4Oc4ccccc4C5(C)C)c2)C3(C)C)CCCC1. The fourth-order valence-corrected chi connectivity index (χ4v) is 11.5. The van der Waals surface area contributed by atoms with E-state index in [0.717, 1.165) is 136 Å². The van der Waals surface area contributed by atoms with E-state index in [1.165, 1.54) is 5.56 Å². The van der Waals surface area contributed by atoms with Crippen LogP contribution in [0.15, 0.2) is 158 Å². The lowest BCUT2D eigenvalue weighted by atomic mass is 9.63. The van der Waals surface area contributed by atoms with Crippen LogP contribution in [0.4, 0.5) is 0 Å². The van der Waals surface area contributed by atoms with Gasteiger partial charge in [-0.3, -0.25) is 0 Å². The smallest absolute Gasteiger partial charge is 0.139 e. The number of benzene rings is 7. The maximum atomic E-state index is 10.1. The Bertz CT molecular complexity index is 2840. The largest absolute Gasteiger partial charge is 0.456 e. The second-order valence-corrected chi connectivity index (χ2v) is 18.9. The minimum absolute atomic E-state index is 0.305. The lowest BCUT2D eigenvalue weighted by Crippen LogP contribution is -2.33. The van der Waals surface area contributed by atoms with E-state index >= 15 is 0 Å². The highest BCUT2D eigenvalue weighted by atomic mass is 16.5. The molecule has 0 radical (unpaired) electrons. The molecule has 0 atom stereocenters. The average molecular weight is 799 g/mol. The maximum Gasteiger partial charge on any atom is 0.139 e. The van der Waals surface area contributed by atoms with E-state index in [9.17, 15) is 2.74 Å². The molecule has 0 amide bonds. The first-order chi connectivity index (χ1) is 30.4. The van der Waals surface area contributed by atoms with Gasteiger partial charge in [-0.2, -0.15) is 0 Å². The van der Waals surface area contributed by atoms with Crippen molar-refractivity contribution in [2.75, 3.05) is 0 Å². The standard InChI is InChI=1S/C59H56O2/c1-57(2)47-29-15-16-32-52(47)60-55-49(57)30-18-31-51(55)59(43-24-7-5-8-25-43,44-26-9-6-10-27-44)45-28-17-23-42(37-45)54-46(40-21-13-14-22-40)34-36-50-56(54)61-53-38-41(39-19-11-12-20-39)33-35-48(53)58(50,3)4/h5-10,15-18,23-40H,11-14,19-22H2,1-4H3/i39D,40D. The van der Waals surface area contributed by atoms with Crippen molar-refractivity contribution < 1.29 is 12.2 Å². The van der Waals surface area contributed by atoms with Crippen LogP contribution in [-0.4, -0.2) is 0 Å². The molecule has 0 N–H and O–H groups in total. The predicted octanol–water partition coefficient (Wildman–Crippen LogP) is 15.9. The molecule has 7 aromatic carbocycles. The van der Waals surface area contributed by atoms with Gasteiger partial charge in [-0.05, 0) is 89.1 Å². The van der Waals surface area contributed by atoms with E-state index in [4.69, 9.17) is 9.47 Å². The van der Waals surface area contributed by atoms with E-state index < -0.39 is 17.2 Å². The molecule has 0 aromatic heterocycles. The van der Waals surface area contributed by atoms with E-state index in [1.54, 1.807) is 0 Å². The molecule has 2 aliphatic carbocycles. The van der Waals surface area contributed by atoms with Gasteiger partial charge in [0.15, 0.2) is 0 Å². The highest BCUT2D eigenvalue weighted by Crippen LogP contribution is 2.58. The van der Waals surface area contributed by atoms with Crippen LogP contribution in [0.3, 0.4) is 0 Å². The first-order valence-corrected chi connectivity index (χ1v) is 22.6. The molecule has 2 nitrogen and oxygen atoms in total.